The Morgan fingerprint density at radius 1 is 1.40 bits per heavy atom. The van der Waals surface area contributed by atoms with Crippen LogP contribution in [0.15, 0.2) is 23.0 Å². The molecule has 1 aromatic carbocycles. The number of aromatic nitrogens is 2. The monoisotopic (exact) mass is 302 g/mol. The first-order chi connectivity index (χ1) is 9.47. The topological polar surface area (TPSA) is 37.8 Å². The molecule has 0 aliphatic carbocycles. The van der Waals surface area contributed by atoms with E-state index in [-0.39, 0.29) is 5.52 Å². The van der Waals surface area contributed by atoms with E-state index in [1.165, 1.54) is 10.6 Å². The molecule has 3 nitrogen and oxygen atoms in total. The van der Waals surface area contributed by atoms with E-state index in [0.717, 1.165) is 24.0 Å². The number of halogens is 3. The van der Waals surface area contributed by atoms with E-state index in [1.54, 1.807) is 6.07 Å². The summed E-state index contributed by atoms with van der Waals surface area (Å²) in [5.41, 5.74) is -1.03. The maximum Gasteiger partial charge on any atom is 0.418 e. The molecule has 1 N–H and O–H groups in total. The van der Waals surface area contributed by atoms with Gasteiger partial charge in [-0.2, -0.15) is 24.9 Å². The molecular weight excluding hydrogens is 289 g/mol. The number of imidazole rings is 1. The van der Waals surface area contributed by atoms with Crippen LogP contribution in [0.3, 0.4) is 0 Å². The number of hydrogen-bond acceptors (Lipinski definition) is 2. The summed E-state index contributed by atoms with van der Waals surface area (Å²) >= 11 is 1.82. The molecule has 1 aliphatic heterocycles. The first-order valence-electron chi connectivity index (χ1n) is 6.33. The smallest absolute Gasteiger partial charge is 0.305 e. The van der Waals surface area contributed by atoms with Gasteiger partial charge >= 0.3 is 11.9 Å². The number of nitrogens with zero attached hydrogens (tertiary/aromatic N) is 1. The highest BCUT2D eigenvalue weighted by Crippen LogP contribution is 2.34. The van der Waals surface area contributed by atoms with Crippen LogP contribution in [0.5, 0.6) is 0 Å². The number of nitrogens with one attached hydrogen (secondary N) is 1. The van der Waals surface area contributed by atoms with Gasteiger partial charge < -0.3 is 4.98 Å². The zero-order valence-corrected chi connectivity index (χ0v) is 11.4. The summed E-state index contributed by atoms with van der Waals surface area (Å²) in [4.78, 5) is 14.3. The van der Waals surface area contributed by atoms with E-state index in [9.17, 15) is 18.0 Å². The Morgan fingerprint density at radius 2 is 2.20 bits per heavy atom. The molecule has 3 rings (SSSR count). The van der Waals surface area contributed by atoms with Gasteiger partial charge in [0.05, 0.1) is 16.6 Å². The van der Waals surface area contributed by atoms with Crippen LogP contribution < -0.4 is 5.69 Å². The molecule has 0 amide bonds. The number of thioether (sulfide) groups is 1. The number of hydrogen-bond donors (Lipinski definition) is 1. The highest BCUT2D eigenvalue weighted by Gasteiger charge is 2.34. The van der Waals surface area contributed by atoms with Crippen LogP contribution in [0.4, 0.5) is 13.2 Å². The molecule has 1 aliphatic rings. The predicted molar refractivity (Wildman–Crippen MR) is 73.0 cm³/mol. The Labute approximate surface area is 117 Å². The summed E-state index contributed by atoms with van der Waals surface area (Å²) < 4.78 is 40.2. The van der Waals surface area contributed by atoms with Gasteiger partial charge in [-0.25, -0.2) is 4.79 Å². The highest BCUT2D eigenvalue weighted by molar-refractivity contribution is 7.99. The van der Waals surface area contributed by atoms with Crippen LogP contribution in [0, 0.1) is 5.92 Å². The third-order valence-electron chi connectivity index (χ3n) is 3.58. The molecule has 0 bridgehead atoms. The fraction of sp³-hybridized carbons (Fsp3) is 0.462. The van der Waals surface area contributed by atoms with Crippen LogP contribution in [-0.2, 0) is 12.7 Å². The van der Waals surface area contributed by atoms with E-state index < -0.39 is 17.4 Å². The molecule has 1 fully saturated rings. The molecule has 1 atom stereocenters. The number of aromatic amines is 1. The summed E-state index contributed by atoms with van der Waals surface area (Å²) in [6.45, 7) is 0.479. The molecule has 0 radical (unpaired) electrons. The summed E-state index contributed by atoms with van der Waals surface area (Å²) in [6, 6.07) is 3.90. The number of rotatable bonds is 2. The van der Waals surface area contributed by atoms with Crippen molar-refractivity contribution in [3.63, 3.8) is 0 Å². The molecule has 0 saturated carbocycles. The van der Waals surface area contributed by atoms with Crippen molar-refractivity contribution >= 4 is 22.8 Å². The standard InChI is InChI=1S/C13H13F3N2OS/c14-13(15,16)9-2-1-3-10-11(9)17-12(19)18(10)6-8-4-5-20-7-8/h1-3,8H,4-7H2,(H,17,19). The highest BCUT2D eigenvalue weighted by atomic mass is 32.2. The van der Waals surface area contributed by atoms with Gasteiger partial charge in [-0.3, -0.25) is 4.57 Å². The van der Waals surface area contributed by atoms with E-state index in [1.807, 2.05) is 11.8 Å². The van der Waals surface area contributed by atoms with Crippen molar-refractivity contribution in [2.45, 2.75) is 19.1 Å². The van der Waals surface area contributed by atoms with Crippen molar-refractivity contribution in [2.24, 2.45) is 5.92 Å². The van der Waals surface area contributed by atoms with Gasteiger partial charge in [-0.1, -0.05) is 6.07 Å². The van der Waals surface area contributed by atoms with Crippen molar-refractivity contribution in [1.82, 2.24) is 9.55 Å². The van der Waals surface area contributed by atoms with Gasteiger partial charge in [0.2, 0.25) is 0 Å². The van der Waals surface area contributed by atoms with Gasteiger partial charge in [0, 0.05) is 6.54 Å². The third-order valence-corrected chi connectivity index (χ3v) is 4.81. The Hall–Kier alpha value is -1.37. The minimum Gasteiger partial charge on any atom is -0.305 e. The Kier molecular flexibility index (Phi) is 3.32. The SMILES string of the molecule is O=c1[nH]c2c(C(F)(F)F)cccc2n1CC1CCSC1. The van der Waals surface area contributed by atoms with Crippen LogP contribution in [0.25, 0.3) is 11.0 Å². The lowest BCUT2D eigenvalue weighted by atomic mass is 10.1. The summed E-state index contributed by atoms with van der Waals surface area (Å²) in [5, 5.41) is 0. The molecule has 1 aromatic heterocycles. The lowest BCUT2D eigenvalue weighted by molar-refractivity contribution is -0.136. The van der Waals surface area contributed by atoms with Gasteiger partial charge in [-0.05, 0) is 36.0 Å². The Bertz CT molecular complexity index is 683. The summed E-state index contributed by atoms with van der Waals surface area (Å²) in [7, 11) is 0. The van der Waals surface area contributed by atoms with Crippen molar-refractivity contribution in [1.29, 1.82) is 0 Å². The van der Waals surface area contributed by atoms with Crippen molar-refractivity contribution in [2.75, 3.05) is 11.5 Å². The summed E-state index contributed by atoms with van der Waals surface area (Å²) in [5.74, 6) is 2.36. The van der Waals surface area contributed by atoms with Crippen LogP contribution in [-0.4, -0.2) is 21.1 Å². The molecular formula is C13H13F3N2OS. The lowest BCUT2D eigenvalue weighted by Gasteiger charge is -2.10. The second kappa shape index (κ2) is 4.87. The normalized spacial score (nSPS) is 19.9. The second-order valence-electron chi connectivity index (χ2n) is 4.97. The van der Waals surface area contributed by atoms with Gasteiger partial charge in [0.25, 0.3) is 0 Å². The maximum absolute atomic E-state index is 12.9. The van der Waals surface area contributed by atoms with Crippen molar-refractivity contribution in [3.8, 4) is 0 Å². The molecule has 1 saturated heterocycles. The average molecular weight is 302 g/mol. The fourth-order valence-corrected chi connectivity index (χ4v) is 3.86. The zero-order chi connectivity index (χ0) is 14.3. The van der Waals surface area contributed by atoms with Crippen LogP contribution in [0.2, 0.25) is 0 Å². The lowest BCUT2D eigenvalue weighted by Crippen LogP contribution is -2.21. The second-order valence-corrected chi connectivity index (χ2v) is 6.12. The van der Waals surface area contributed by atoms with Gasteiger partial charge in [-0.15, -0.1) is 0 Å². The van der Waals surface area contributed by atoms with Gasteiger partial charge in [0.15, 0.2) is 0 Å². The van der Waals surface area contributed by atoms with E-state index in [4.69, 9.17) is 0 Å². The third kappa shape index (κ3) is 2.34. The fourth-order valence-electron chi connectivity index (χ4n) is 2.58. The van der Waals surface area contributed by atoms with Crippen molar-refractivity contribution in [3.05, 3.63) is 34.2 Å². The Balaban J connectivity index is 2.09. The molecule has 20 heavy (non-hydrogen) atoms. The minimum absolute atomic E-state index is 0.115. The molecule has 0 spiro atoms. The molecule has 1 unspecified atom stereocenters. The predicted octanol–water partition coefficient (Wildman–Crippen LogP) is 3.10. The zero-order valence-electron chi connectivity index (χ0n) is 10.5. The quantitative estimate of drug-likeness (QED) is 0.925. The Morgan fingerprint density at radius 3 is 2.85 bits per heavy atom. The number of alkyl halides is 3. The van der Waals surface area contributed by atoms with Gasteiger partial charge in [0.1, 0.15) is 0 Å². The molecule has 7 heteroatoms. The van der Waals surface area contributed by atoms with E-state index in [2.05, 4.69) is 4.98 Å². The molecule has 2 heterocycles. The van der Waals surface area contributed by atoms with E-state index >= 15 is 0 Å². The average Bonchev–Trinajstić information content (AvgIpc) is 2.97. The number of benzene rings is 1. The molecule has 108 valence electrons. The maximum atomic E-state index is 12.9. The number of fused-ring (bicyclic) bond motifs is 1. The van der Waals surface area contributed by atoms with E-state index in [0.29, 0.717) is 18.0 Å². The first-order valence-corrected chi connectivity index (χ1v) is 7.49. The number of para-hydroxylation sites is 1. The van der Waals surface area contributed by atoms with Crippen LogP contribution in [0.1, 0.15) is 12.0 Å². The number of H-pyrrole nitrogens is 1. The van der Waals surface area contributed by atoms with Crippen molar-refractivity contribution < 1.29 is 13.2 Å². The largest absolute Gasteiger partial charge is 0.418 e. The van der Waals surface area contributed by atoms with Crippen LogP contribution >= 0.6 is 11.8 Å². The molecule has 2 aromatic rings. The minimum atomic E-state index is -4.46. The summed E-state index contributed by atoms with van der Waals surface area (Å²) in [6.07, 6.45) is -3.46. The first kappa shape index (κ1) is 13.6.